The first kappa shape index (κ1) is 34.9. The van der Waals surface area contributed by atoms with Crippen LogP contribution in [0.5, 0.6) is 0 Å². The number of anilines is 1. The van der Waals surface area contributed by atoms with Gasteiger partial charge in [0.2, 0.25) is 11.8 Å². The number of nitrogens with zero attached hydrogens (tertiary/aromatic N) is 1. The summed E-state index contributed by atoms with van der Waals surface area (Å²) >= 11 is 0. The van der Waals surface area contributed by atoms with Crippen molar-refractivity contribution in [2.75, 3.05) is 11.9 Å². The molecule has 4 aromatic rings. The lowest BCUT2D eigenvalue weighted by atomic mass is 9.99. The Morgan fingerprint density at radius 3 is 1.98 bits per heavy atom. The van der Waals surface area contributed by atoms with E-state index in [-0.39, 0.29) is 31.1 Å². The second-order valence-electron chi connectivity index (χ2n) is 12.3. The molecule has 3 atom stereocenters. The molecule has 0 spiro atoms. The highest BCUT2D eigenvalue weighted by atomic mass is 16.7. The number of unbranched alkanes of at least 4 members (excludes halogenated alkanes) is 2. The molecule has 5 rings (SSSR count). The number of aliphatic hydroxyl groups excluding tert-OH is 1. The lowest BCUT2D eigenvalue weighted by molar-refractivity contribution is -0.253. The van der Waals surface area contributed by atoms with Crippen LogP contribution in [0.15, 0.2) is 109 Å². The summed E-state index contributed by atoms with van der Waals surface area (Å²) in [4.78, 5) is 26.3. The van der Waals surface area contributed by atoms with Gasteiger partial charge in [-0.3, -0.25) is 19.7 Å². The van der Waals surface area contributed by atoms with Crippen molar-refractivity contribution >= 4 is 17.5 Å². The molecule has 0 unspecified atom stereocenters. The third kappa shape index (κ3) is 10.8. The van der Waals surface area contributed by atoms with Gasteiger partial charge in [0, 0.05) is 50.1 Å². The molecule has 0 aromatic heterocycles. The predicted molar refractivity (Wildman–Crippen MR) is 184 cm³/mol. The highest BCUT2D eigenvalue weighted by molar-refractivity contribution is 5.90. The molecule has 0 bridgehead atoms. The Balaban J connectivity index is 1.31. The molecular weight excluding hydrogens is 606 g/mol. The summed E-state index contributed by atoms with van der Waals surface area (Å²) in [5, 5.41) is 21.2. The highest BCUT2D eigenvalue weighted by Crippen LogP contribution is 2.39. The highest BCUT2D eigenvalue weighted by Gasteiger charge is 2.33. The van der Waals surface area contributed by atoms with Crippen molar-refractivity contribution in [1.82, 2.24) is 10.4 Å². The van der Waals surface area contributed by atoms with Gasteiger partial charge in [0.1, 0.15) is 0 Å². The number of rotatable bonds is 16. The molecule has 9 heteroatoms. The molecule has 1 aliphatic heterocycles. The van der Waals surface area contributed by atoms with Crippen LogP contribution in [0.2, 0.25) is 0 Å². The standard InChI is InChI=1S/C39H45N3O6/c43-28-31-19-21-32(22-20-31)36-24-35(27-42(25-29-11-4-1-5-12-29)26-30-13-6-2-7-14-30)47-39(48-36)33-15-10-16-34(23-33)40-37(44)17-8-3-9-18-38(45)41-46/h1-2,4-7,10-16,19-23,35-36,39,43,46H,3,8-9,17-18,24-28H2,(H,40,44)(H,41,45)/t35-,36+,39+/m1/s1. The Hall–Kier alpha value is -4.38. The molecule has 0 saturated carbocycles. The molecule has 0 radical (unpaired) electrons. The van der Waals surface area contributed by atoms with Gasteiger partial charge < -0.3 is 19.9 Å². The number of carbonyl (C=O) groups excluding carboxylic acids is 2. The first-order chi connectivity index (χ1) is 23.5. The van der Waals surface area contributed by atoms with Gasteiger partial charge in [-0.25, -0.2) is 5.48 Å². The monoisotopic (exact) mass is 651 g/mol. The van der Waals surface area contributed by atoms with E-state index in [9.17, 15) is 14.7 Å². The second-order valence-corrected chi connectivity index (χ2v) is 12.3. The van der Waals surface area contributed by atoms with Crippen molar-refractivity contribution < 1.29 is 29.4 Å². The smallest absolute Gasteiger partial charge is 0.243 e. The fourth-order valence-corrected chi connectivity index (χ4v) is 5.98. The van der Waals surface area contributed by atoms with E-state index in [0.717, 1.165) is 29.8 Å². The number of aliphatic hydroxyl groups is 1. The Morgan fingerprint density at radius 2 is 1.35 bits per heavy atom. The van der Waals surface area contributed by atoms with Crippen LogP contribution in [-0.4, -0.2) is 39.7 Å². The Labute approximate surface area is 282 Å². The van der Waals surface area contributed by atoms with E-state index in [4.69, 9.17) is 14.7 Å². The zero-order valence-electron chi connectivity index (χ0n) is 27.2. The predicted octanol–water partition coefficient (Wildman–Crippen LogP) is 6.82. The Morgan fingerprint density at radius 1 is 0.708 bits per heavy atom. The minimum Gasteiger partial charge on any atom is -0.392 e. The first-order valence-corrected chi connectivity index (χ1v) is 16.6. The van der Waals surface area contributed by atoms with Crippen molar-refractivity contribution in [2.24, 2.45) is 0 Å². The van der Waals surface area contributed by atoms with Crippen LogP contribution in [0.1, 0.15) is 78.7 Å². The molecule has 252 valence electrons. The maximum Gasteiger partial charge on any atom is 0.243 e. The summed E-state index contributed by atoms with van der Waals surface area (Å²) < 4.78 is 13.3. The van der Waals surface area contributed by atoms with Gasteiger partial charge >= 0.3 is 0 Å². The van der Waals surface area contributed by atoms with Crippen LogP contribution >= 0.6 is 0 Å². The van der Waals surface area contributed by atoms with Crippen LogP contribution < -0.4 is 10.8 Å². The quantitative estimate of drug-likeness (QED) is 0.0596. The molecule has 1 aliphatic rings. The number of nitrogens with one attached hydrogen (secondary N) is 2. The zero-order chi connectivity index (χ0) is 33.6. The molecule has 1 heterocycles. The Kier molecular flexibility index (Phi) is 13.3. The topological polar surface area (TPSA) is 120 Å². The van der Waals surface area contributed by atoms with Crippen molar-refractivity contribution in [2.45, 2.75) is 76.7 Å². The normalized spacial score (nSPS) is 17.6. The average Bonchev–Trinajstić information content (AvgIpc) is 3.12. The molecule has 0 aliphatic carbocycles. The average molecular weight is 652 g/mol. The number of hydrogen-bond acceptors (Lipinski definition) is 7. The van der Waals surface area contributed by atoms with E-state index in [1.165, 1.54) is 11.1 Å². The van der Waals surface area contributed by atoms with Gasteiger partial charge in [-0.1, -0.05) is 103 Å². The van der Waals surface area contributed by atoms with Crippen LogP contribution in [0, 0.1) is 0 Å². The third-order valence-corrected chi connectivity index (χ3v) is 8.45. The number of ether oxygens (including phenoxy) is 2. The van der Waals surface area contributed by atoms with Crippen molar-refractivity contribution in [3.8, 4) is 0 Å². The summed E-state index contributed by atoms with van der Waals surface area (Å²) in [5.41, 5.74) is 7.41. The summed E-state index contributed by atoms with van der Waals surface area (Å²) in [6, 6.07) is 36.3. The Bertz CT molecular complexity index is 1530. The molecule has 48 heavy (non-hydrogen) atoms. The number of hydroxylamine groups is 1. The number of hydrogen-bond donors (Lipinski definition) is 4. The maximum atomic E-state index is 12.7. The molecule has 4 N–H and O–H groups in total. The number of carbonyl (C=O) groups is 2. The second kappa shape index (κ2) is 18.2. The van der Waals surface area contributed by atoms with Crippen LogP contribution in [-0.2, 0) is 38.8 Å². The van der Waals surface area contributed by atoms with Gasteiger partial charge in [-0.05, 0) is 47.2 Å². The van der Waals surface area contributed by atoms with Crippen LogP contribution in [0.4, 0.5) is 5.69 Å². The van der Waals surface area contributed by atoms with Crippen molar-refractivity contribution in [3.63, 3.8) is 0 Å². The minimum atomic E-state index is -0.656. The van der Waals surface area contributed by atoms with Gasteiger partial charge in [0.15, 0.2) is 6.29 Å². The molecule has 2 amide bonds. The molecular formula is C39H45N3O6. The van der Waals surface area contributed by atoms with E-state index in [0.29, 0.717) is 44.3 Å². The SMILES string of the molecule is O=C(CCCCCC(=O)Nc1cccc([C@H]2O[C@@H](CN(Cc3ccccc3)Cc3ccccc3)C[C@@H](c3ccc(CO)cc3)O2)c1)NO. The zero-order valence-corrected chi connectivity index (χ0v) is 27.2. The van der Waals surface area contributed by atoms with Gasteiger partial charge in [0.05, 0.1) is 18.8 Å². The molecule has 9 nitrogen and oxygen atoms in total. The van der Waals surface area contributed by atoms with E-state index in [2.05, 4.69) is 58.7 Å². The van der Waals surface area contributed by atoms with E-state index < -0.39 is 12.2 Å². The van der Waals surface area contributed by atoms with Crippen molar-refractivity contribution in [3.05, 3.63) is 137 Å². The van der Waals surface area contributed by atoms with Gasteiger partial charge in [-0.15, -0.1) is 0 Å². The van der Waals surface area contributed by atoms with E-state index >= 15 is 0 Å². The summed E-state index contributed by atoms with van der Waals surface area (Å²) in [6.07, 6.45) is 2.12. The lowest BCUT2D eigenvalue weighted by Crippen LogP contribution is -2.39. The van der Waals surface area contributed by atoms with E-state index in [1.807, 2.05) is 60.7 Å². The summed E-state index contributed by atoms with van der Waals surface area (Å²) in [7, 11) is 0. The molecule has 4 aromatic carbocycles. The van der Waals surface area contributed by atoms with E-state index in [1.54, 1.807) is 5.48 Å². The largest absolute Gasteiger partial charge is 0.392 e. The van der Waals surface area contributed by atoms with Crippen LogP contribution in [0.3, 0.4) is 0 Å². The maximum absolute atomic E-state index is 12.7. The van der Waals surface area contributed by atoms with Gasteiger partial charge in [0.25, 0.3) is 0 Å². The molecule has 1 fully saturated rings. The fourth-order valence-electron chi connectivity index (χ4n) is 5.98. The first-order valence-electron chi connectivity index (χ1n) is 16.6. The number of benzene rings is 4. The van der Waals surface area contributed by atoms with Crippen molar-refractivity contribution in [1.29, 1.82) is 0 Å². The van der Waals surface area contributed by atoms with Crippen LogP contribution in [0.25, 0.3) is 0 Å². The molecule has 1 saturated heterocycles. The summed E-state index contributed by atoms with van der Waals surface area (Å²) in [6.45, 7) is 2.21. The number of amides is 2. The summed E-state index contributed by atoms with van der Waals surface area (Å²) in [5.74, 6) is -0.531. The third-order valence-electron chi connectivity index (χ3n) is 8.45. The minimum absolute atomic E-state index is 0.0204. The lowest BCUT2D eigenvalue weighted by Gasteiger charge is -2.38. The van der Waals surface area contributed by atoms with Gasteiger partial charge in [-0.2, -0.15) is 0 Å². The fraction of sp³-hybridized carbons (Fsp3) is 0.333.